The normalized spacial score (nSPS) is 9.67. The average Bonchev–Trinajstić information content (AvgIpc) is 1.83. The Balaban J connectivity index is 3.25. The highest BCUT2D eigenvalue weighted by Gasteiger charge is 2.04. The molecule has 1 nitrogen and oxygen atoms in total. The van der Waals surface area contributed by atoms with Crippen molar-refractivity contribution in [1.29, 1.82) is 0 Å². The second-order valence-electron chi connectivity index (χ2n) is 1.40. The summed E-state index contributed by atoms with van der Waals surface area (Å²) in [6, 6.07) is 0.904. The molecule has 0 saturated heterocycles. The molecular formula is C5H2ClF2N. The van der Waals surface area contributed by atoms with E-state index in [9.17, 15) is 8.78 Å². The van der Waals surface area contributed by atoms with E-state index in [1.807, 2.05) is 0 Å². The lowest BCUT2D eigenvalue weighted by Crippen LogP contribution is -1.85. The summed E-state index contributed by atoms with van der Waals surface area (Å²) in [7, 11) is 0. The molecule has 48 valence electrons. The van der Waals surface area contributed by atoms with E-state index in [1.165, 1.54) is 0 Å². The van der Waals surface area contributed by atoms with Gasteiger partial charge in [-0.15, -0.1) is 0 Å². The third-order valence-corrected chi connectivity index (χ3v) is 1.06. The number of hydrogen-bond donors (Lipinski definition) is 0. The van der Waals surface area contributed by atoms with Gasteiger partial charge in [-0.2, -0.15) is 0 Å². The second kappa shape index (κ2) is 2.27. The molecule has 1 rings (SSSR count). The molecule has 0 atom stereocenters. The Morgan fingerprint density at radius 2 is 2.11 bits per heavy atom. The van der Waals surface area contributed by atoms with Gasteiger partial charge in [0.05, 0.1) is 0 Å². The second-order valence-corrected chi connectivity index (χ2v) is 1.76. The highest BCUT2D eigenvalue weighted by atomic mass is 35.5. The van der Waals surface area contributed by atoms with Crippen molar-refractivity contribution < 1.29 is 8.78 Å². The topological polar surface area (TPSA) is 12.9 Å². The predicted octanol–water partition coefficient (Wildman–Crippen LogP) is 2.01. The maximum absolute atomic E-state index is 12.2. The van der Waals surface area contributed by atoms with Crippen molar-refractivity contribution in [2.45, 2.75) is 0 Å². The van der Waals surface area contributed by atoms with Crippen molar-refractivity contribution in [2.75, 3.05) is 0 Å². The summed E-state index contributed by atoms with van der Waals surface area (Å²) in [6.45, 7) is 0. The molecule has 1 aromatic heterocycles. The van der Waals surface area contributed by atoms with Gasteiger partial charge in [-0.1, -0.05) is 11.6 Å². The predicted molar refractivity (Wildman–Crippen MR) is 29.2 cm³/mol. The van der Waals surface area contributed by atoms with Crippen LogP contribution in [0.4, 0.5) is 8.78 Å². The van der Waals surface area contributed by atoms with Gasteiger partial charge in [-0.3, -0.25) is 0 Å². The molecule has 0 radical (unpaired) electrons. The number of halogens is 3. The van der Waals surface area contributed by atoms with Crippen molar-refractivity contribution in [3.8, 4) is 0 Å². The largest absolute Gasteiger partial charge is 0.241 e. The van der Waals surface area contributed by atoms with Crippen molar-refractivity contribution in [3.63, 3.8) is 0 Å². The van der Waals surface area contributed by atoms with Crippen LogP contribution in [0.3, 0.4) is 0 Å². The van der Waals surface area contributed by atoms with Crippen molar-refractivity contribution in [2.24, 2.45) is 0 Å². The Morgan fingerprint density at radius 3 is 2.56 bits per heavy atom. The molecule has 1 heterocycles. The van der Waals surface area contributed by atoms with Gasteiger partial charge in [-0.05, 0) is 6.07 Å². The Labute approximate surface area is 55.3 Å². The molecule has 0 aliphatic carbocycles. The fourth-order valence-electron chi connectivity index (χ4n) is 0.397. The monoisotopic (exact) mass is 149 g/mol. The van der Waals surface area contributed by atoms with Gasteiger partial charge in [0.25, 0.3) is 0 Å². The summed E-state index contributed by atoms with van der Waals surface area (Å²) in [4.78, 5) is 3.29. The summed E-state index contributed by atoms with van der Waals surface area (Å²) in [5, 5.41) is -0.435. The number of rotatable bonds is 0. The van der Waals surface area contributed by atoms with E-state index in [4.69, 9.17) is 11.6 Å². The van der Waals surface area contributed by atoms with Gasteiger partial charge >= 0.3 is 0 Å². The zero-order valence-electron chi connectivity index (χ0n) is 4.24. The van der Waals surface area contributed by atoms with Gasteiger partial charge < -0.3 is 0 Å². The van der Waals surface area contributed by atoms with Crippen LogP contribution in [0.5, 0.6) is 0 Å². The van der Waals surface area contributed by atoms with Crippen LogP contribution in [-0.2, 0) is 0 Å². The summed E-state index contributed by atoms with van der Waals surface area (Å²) in [5.74, 6) is -2.07. The number of aromatic nitrogens is 1. The molecule has 0 aliphatic rings. The quantitative estimate of drug-likeness (QED) is 0.515. The lowest BCUT2D eigenvalue weighted by atomic mass is 10.5. The Morgan fingerprint density at radius 1 is 1.44 bits per heavy atom. The average molecular weight is 150 g/mol. The highest BCUT2D eigenvalue weighted by molar-refractivity contribution is 6.29. The van der Waals surface area contributed by atoms with E-state index in [0.717, 1.165) is 12.3 Å². The van der Waals surface area contributed by atoms with E-state index in [1.54, 1.807) is 0 Å². The van der Waals surface area contributed by atoms with Crippen LogP contribution in [-0.4, -0.2) is 4.98 Å². The molecule has 0 aliphatic heterocycles. The van der Waals surface area contributed by atoms with Gasteiger partial charge in [0.1, 0.15) is 0 Å². The Hall–Kier alpha value is -0.700. The molecule has 0 aromatic carbocycles. The maximum Gasteiger partial charge on any atom is 0.196 e. The first-order chi connectivity index (χ1) is 4.22. The van der Waals surface area contributed by atoms with Crippen LogP contribution < -0.4 is 0 Å². The van der Waals surface area contributed by atoms with Crippen LogP contribution >= 0.6 is 11.6 Å². The van der Waals surface area contributed by atoms with E-state index < -0.39 is 16.8 Å². The third kappa shape index (κ3) is 1.16. The summed E-state index contributed by atoms with van der Waals surface area (Å²) in [5.41, 5.74) is 0. The first kappa shape index (κ1) is 6.42. The van der Waals surface area contributed by atoms with Gasteiger partial charge in [0, 0.05) is 6.20 Å². The fraction of sp³-hybridized carbons (Fsp3) is 0. The van der Waals surface area contributed by atoms with Crippen LogP contribution in [0.15, 0.2) is 12.3 Å². The van der Waals surface area contributed by atoms with Gasteiger partial charge in [0.2, 0.25) is 0 Å². The Bertz CT molecular complexity index is 206. The molecule has 0 unspecified atom stereocenters. The van der Waals surface area contributed by atoms with Crippen LogP contribution in [0, 0.1) is 11.6 Å². The standard InChI is InChI=1S/C5H2ClF2N/c6-5-4(8)3(7)1-2-9-5/h1-2H. The molecule has 0 N–H and O–H groups in total. The van der Waals surface area contributed by atoms with Gasteiger partial charge in [-0.25, -0.2) is 13.8 Å². The lowest BCUT2D eigenvalue weighted by Gasteiger charge is -1.90. The maximum atomic E-state index is 12.2. The molecule has 0 bridgehead atoms. The summed E-state index contributed by atoms with van der Waals surface area (Å²) in [6.07, 6.45) is 1.10. The lowest BCUT2D eigenvalue weighted by molar-refractivity contribution is 0.504. The van der Waals surface area contributed by atoms with E-state index in [2.05, 4.69) is 4.98 Å². The van der Waals surface area contributed by atoms with Crippen LogP contribution in [0.25, 0.3) is 0 Å². The zero-order chi connectivity index (χ0) is 6.85. The third-order valence-electron chi connectivity index (χ3n) is 0.800. The highest BCUT2D eigenvalue weighted by Crippen LogP contribution is 2.12. The number of nitrogens with zero attached hydrogens (tertiary/aromatic N) is 1. The molecule has 1 aromatic rings. The van der Waals surface area contributed by atoms with E-state index in [-0.39, 0.29) is 0 Å². The Kier molecular flexibility index (Phi) is 1.62. The van der Waals surface area contributed by atoms with E-state index in [0.29, 0.717) is 0 Å². The summed E-state index contributed by atoms with van der Waals surface area (Å²) < 4.78 is 24.2. The molecule has 9 heavy (non-hydrogen) atoms. The first-order valence-corrected chi connectivity index (χ1v) is 2.55. The summed E-state index contributed by atoms with van der Waals surface area (Å²) >= 11 is 5.09. The smallest absolute Gasteiger partial charge is 0.196 e. The molecule has 0 spiro atoms. The minimum absolute atomic E-state index is 0.435. The number of hydrogen-bond acceptors (Lipinski definition) is 1. The van der Waals surface area contributed by atoms with Crippen LogP contribution in [0.2, 0.25) is 5.15 Å². The van der Waals surface area contributed by atoms with Gasteiger partial charge in [0.15, 0.2) is 16.8 Å². The molecule has 0 fully saturated rings. The first-order valence-electron chi connectivity index (χ1n) is 2.17. The zero-order valence-corrected chi connectivity index (χ0v) is 4.99. The fourth-order valence-corrected chi connectivity index (χ4v) is 0.543. The van der Waals surface area contributed by atoms with Crippen LogP contribution in [0.1, 0.15) is 0 Å². The molecule has 0 amide bonds. The number of pyridine rings is 1. The minimum atomic E-state index is -1.10. The van der Waals surface area contributed by atoms with Crippen molar-refractivity contribution >= 4 is 11.6 Å². The van der Waals surface area contributed by atoms with Crippen molar-refractivity contribution in [1.82, 2.24) is 4.98 Å². The SMILES string of the molecule is Fc1ccnc(Cl)c1F. The molecule has 0 saturated carbocycles. The molecular weight excluding hydrogens is 148 g/mol. The van der Waals surface area contributed by atoms with E-state index >= 15 is 0 Å². The minimum Gasteiger partial charge on any atom is -0.241 e. The molecule has 4 heteroatoms. The van der Waals surface area contributed by atoms with Crippen molar-refractivity contribution in [3.05, 3.63) is 29.1 Å².